The second kappa shape index (κ2) is 7.15. The van der Waals surface area contributed by atoms with Crippen LogP contribution in [0.25, 0.3) is 0 Å². The van der Waals surface area contributed by atoms with Crippen molar-refractivity contribution in [1.29, 1.82) is 5.26 Å². The van der Waals surface area contributed by atoms with Gasteiger partial charge >= 0.3 is 0 Å². The maximum absolute atomic E-state index is 8.95. The van der Waals surface area contributed by atoms with E-state index < -0.39 is 0 Å². The van der Waals surface area contributed by atoms with Gasteiger partial charge in [0, 0.05) is 12.6 Å². The SMILES string of the molecule is CCOc1ccc(NCc2ccc(C#N)c(OC)c2)cn1. The van der Waals surface area contributed by atoms with Crippen molar-refractivity contribution in [3.63, 3.8) is 0 Å². The summed E-state index contributed by atoms with van der Waals surface area (Å²) in [4.78, 5) is 4.19. The number of anilines is 1. The van der Waals surface area contributed by atoms with Crippen LogP contribution in [0.5, 0.6) is 11.6 Å². The van der Waals surface area contributed by atoms with Crippen LogP contribution >= 0.6 is 0 Å². The third kappa shape index (κ3) is 3.86. The molecule has 0 atom stereocenters. The van der Waals surface area contributed by atoms with Crippen molar-refractivity contribution in [3.05, 3.63) is 47.7 Å². The van der Waals surface area contributed by atoms with E-state index in [1.807, 2.05) is 31.2 Å². The third-order valence-corrected chi connectivity index (χ3v) is 2.91. The number of rotatable bonds is 6. The molecule has 0 fully saturated rings. The minimum Gasteiger partial charge on any atom is -0.495 e. The van der Waals surface area contributed by atoms with Gasteiger partial charge in [0.1, 0.15) is 11.8 Å². The molecule has 2 rings (SSSR count). The molecule has 21 heavy (non-hydrogen) atoms. The highest BCUT2D eigenvalue weighted by Gasteiger charge is 2.04. The highest BCUT2D eigenvalue weighted by Crippen LogP contribution is 2.20. The molecule has 0 aliphatic heterocycles. The number of methoxy groups -OCH3 is 1. The van der Waals surface area contributed by atoms with Gasteiger partial charge in [-0.15, -0.1) is 0 Å². The van der Waals surface area contributed by atoms with Crippen LogP contribution in [0.2, 0.25) is 0 Å². The number of nitrogens with one attached hydrogen (secondary N) is 1. The Bertz CT molecular complexity index is 633. The summed E-state index contributed by atoms with van der Waals surface area (Å²) in [6, 6.07) is 11.3. The lowest BCUT2D eigenvalue weighted by molar-refractivity contribution is 0.327. The minimum absolute atomic E-state index is 0.531. The number of hydrogen-bond acceptors (Lipinski definition) is 5. The van der Waals surface area contributed by atoms with Gasteiger partial charge in [-0.2, -0.15) is 5.26 Å². The van der Waals surface area contributed by atoms with Crippen LogP contribution in [0, 0.1) is 11.3 Å². The molecule has 0 spiro atoms. The van der Waals surface area contributed by atoms with Crippen molar-refractivity contribution in [2.75, 3.05) is 19.0 Å². The Hall–Kier alpha value is -2.74. The molecule has 108 valence electrons. The van der Waals surface area contributed by atoms with Crippen LogP contribution in [0.4, 0.5) is 5.69 Å². The fourth-order valence-corrected chi connectivity index (χ4v) is 1.86. The van der Waals surface area contributed by atoms with E-state index in [2.05, 4.69) is 16.4 Å². The van der Waals surface area contributed by atoms with E-state index in [0.717, 1.165) is 11.3 Å². The molecule has 5 heteroatoms. The second-order valence-electron chi connectivity index (χ2n) is 4.32. The number of nitriles is 1. The van der Waals surface area contributed by atoms with Crippen molar-refractivity contribution < 1.29 is 9.47 Å². The molecule has 0 radical (unpaired) electrons. The van der Waals surface area contributed by atoms with Crippen LogP contribution in [-0.4, -0.2) is 18.7 Å². The largest absolute Gasteiger partial charge is 0.495 e. The average Bonchev–Trinajstić information content (AvgIpc) is 2.54. The van der Waals surface area contributed by atoms with E-state index in [1.54, 1.807) is 19.4 Å². The molecule has 0 aliphatic rings. The summed E-state index contributed by atoms with van der Waals surface area (Å²) in [5.74, 6) is 1.20. The van der Waals surface area contributed by atoms with Crippen LogP contribution in [-0.2, 0) is 6.54 Å². The standard InChI is InChI=1S/C16H17N3O2/c1-3-21-16-7-6-14(11-19-16)18-10-12-4-5-13(9-17)15(8-12)20-2/h4-8,11,18H,3,10H2,1-2H3. The maximum Gasteiger partial charge on any atom is 0.213 e. The van der Waals surface area contributed by atoms with Crippen LogP contribution in [0.15, 0.2) is 36.5 Å². The van der Waals surface area contributed by atoms with Gasteiger partial charge in [-0.1, -0.05) is 6.07 Å². The van der Waals surface area contributed by atoms with Gasteiger partial charge in [0.15, 0.2) is 0 Å². The molecule has 0 saturated heterocycles. The van der Waals surface area contributed by atoms with Gasteiger partial charge in [0.2, 0.25) is 5.88 Å². The van der Waals surface area contributed by atoms with Crippen molar-refractivity contribution in [3.8, 4) is 17.7 Å². The first kappa shape index (κ1) is 14.7. The Kier molecular flexibility index (Phi) is 4.99. The number of pyridine rings is 1. The lowest BCUT2D eigenvalue weighted by Gasteiger charge is -2.09. The van der Waals surface area contributed by atoms with Crippen LogP contribution in [0.3, 0.4) is 0 Å². The zero-order valence-corrected chi connectivity index (χ0v) is 12.1. The molecule has 0 unspecified atom stereocenters. The van der Waals surface area contributed by atoms with Gasteiger partial charge < -0.3 is 14.8 Å². The monoisotopic (exact) mass is 283 g/mol. The molecule has 5 nitrogen and oxygen atoms in total. The Morgan fingerprint density at radius 2 is 2.14 bits per heavy atom. The van der Waals surface area contributed by atoms with Gasteiger partial charge in [0.05, 0.1) is 31.2 Å². The fraction of sp³-hybridized carbons (Fsp3) is 0.250. The molecular formula is C16H17N3O2. The van der Waals surface area contributed by atoms with E-state index in [4.69, 9.17) is 14.7 Å². The predicted molar refractivity (Wildman–Crippen MR) is 80.4 cm³/mol. The summed E-state index contributed by atoms with van der Waals surface area (Å²) in [5, 5.41) is 12.2. The van der Waals surface area contributed by atoms with E-state index in [0.29, 0.717) is 30.3 Å². The third-order valence-electron chi connectivity index (χ3n) is 2.91. The molecule has 0 aliphatic carbocycles. The fourth-order valence-electron chi connectivity index (χ4n) is 1.86. The minimum atomic E-state index is 0.531. The highest BCUT2D eigenvalue weighted by atomic mass is 16.5. The van der Waals surface area contributed by atoms with E-state index in [1.165, 1.54) is 0 Å². The van der Waals surface area contributed by atoms with Crippen LogP contribution < -0.4 is 14.8 Å². The maximum atomic E-state index is 8.95. The van der Waals surface area contributed by atoms with Gasteiger partial charge in [-0.05, 0) is 30.7 Å². The Balaban J connectivity index is 2.01. The number of hydrogen-bond donors (Lipinski definition) is 1. The molecular weight excluding hydrogens is 266 g/mol. The first-order valence-corrected chi connectivity index (χ1v) is 6.66. The zero-order chi connectivity index (χ0) is 15.1. The summed E-state index contributed by atoms with van der Waals surface area (Å²) in [7, 11) is 1.56. The van der Waals surface area contributed by atoms with Gasteiger partial charge in [0.25, 0.3) is 0 Å². The van der Waals surface area contributed by atoms with Crippen molar-refractivity contribution in [2.24, 2.45) is 0 Å². The second-order valence-corrected chi connectivity index (χ2v) is 4.32. The molecule has 0 bridgehead atoms. The average molecular weight is 283 g/mol. The molecule has 2 aromatic rings. The summed E-state index contributed by atoms with van der Waals surface area (Å²) in [5.41, 5.74) is 2.46. The normalized spacial score (nSPS) is 9.76. The number of aromatic nitrogens is 1. The van der Waals surface area contributed by atoms with E-state index in [9.17, 15) is 0 Å². The summed E-state index contributed by atoms with van der Waals surface area (Å²) in [6.07, 6.45) is 1.73. The summed E-state index contributed by atoms with van der Waals surface area (Å²) in [6.45, 7) is 3.15. The Morgan fingerprint density at radius 1 is 1.29 bits per heavy atom. The van der Waals surface area contributed by atoms with Crippen molar-refractivity contribution in [1.82, 2.24) is 4.98 Å². The molecule has 1 aromatic heterocycles. The molecule has 1 heterocycles. The lowest BCUT2D eigenvalue weighted by Crippen LogP contribution is -2.01. The summed E-state index contributed by atoms with van der Waals surface area (Å²) < 4.78 is 10.5. The Morgan fingerprint density at radius 3 is 2.76 bits per heavy atom. The smallest absolute Gasteiger partial charge is 0.213 e. The molecule has 1 N–H and O–H groups in total. The lowest BCUT2D eigenvalue weighted by atomic mass is 10.1. The number of benzene rings is 1. The highest BCUT2D eigenvalue weighted by molar-refractivity contribution is 5.47. The zero-order valence-electron chi connectivity index (χ0n) is 12.1. The molecule has 1 aromatic carbocycles. The topological polar surface area (TPSA) is 67.2 Å². The van der Waals surface area contributed by atoms with E-state index in [-0.39, 0.29) is 0 Å². The van der Waals surface area contributed by atoms with Crippen molar-refractivity contribution in [2.45, 2.75) is 13.5 Å². The molecule has 0 amide bonds. The number of nitrogens with zero attached hydrogens (tertiary/aromatic N) is 2. The van der Waals surface area contributed by atoms with Gasteiger partial charge in [-0.3, -0.25) is 0 Å². The van der Waals surface area contributed by atoms with Gasteiger partial charge in [-0.25, -0.2) is 4.98 Å². The first-order valence-electron chi connectivity index (χ1n) is 6.66. The quantitative estimate of drug-likeness (QED) is 0.882. The molecule has 0 saturated carbocycles. The number of ether oxygens (including phenoxy) is 2. The van der Waals surface area contributed by atoms with E-state index >= 15 is 0 Å². The Labute approximate surface area is 124 Å². The first-order chi connectivity index (χ1) is 10.3. The summed E-state index contributed by atoms with van der Waals surface area (Å²) >= 11 is 0. The van der Waals surface area contributed by atoms with Crippen LogP contribution in [0.1, 0.15) is 18.1 Å². The van der Waals surface area contributed by atoms with Crippen molar-refractivity contribution >= 4 is 5.69 Å². The predicted octanol–water partition coefficient (Wildman–Crippen LogP) is 2.97.